The quantitative estimate of drug-likeness (QED) is 0.650. The largest absolute Gasteiger partial charge is 0.393 e. The van der Waals surface area contributed by atoms with Crippen molar-refractivity contribution in [3.63, 3.8) is 0 Å². The minimum atomic E-state index is -0.676. The van der Waals surface area contributed by atoms with Crippen molar-refractivity contribution < 1.29 is 9.59 Å². The van der Waals surface area contributed by atoms with Crippen LogP contribution in [0.3, 0.4) is 0 Å². The lowest BCUT2D eigenvalue weighted by molar-refractivity contribution is -0.134. The minimum Gasteiger partial charge on any atom is -0.393 e. The highest BCUT2D eigenvalue weighted by Crippen LogP contribution is 2.52. The summed E-state index contributed by atoms with van der Waals surface area (Å²) in [6, 6.07) is 0. The summed E-state index contributed by atoms with van der Waals surface area (Å²) in [4.78, 5) is 24.5. The second-order valence-corrected chi connectivity index (χ2v) is 6.87. The number of piperidine rings is 1. The van der Waals surface area contributed by atoms with Gasteiger partial charge in [-0.3, -0.25) is 9.59 Å². The van der Waals surface area contributed by atoms with Gasteiger partial charge in [0.2, 0.25) is 11.8 Å². The predicted octanol–water partition coefficient (Wildman–Crippen LogP) is 0.644. The van der Waals surface area contributed by atoms with Gasteiger partial charge >= 0.3 is 0 Å². The third-order valence-corrected chi connectivity index (χ3v) is 5.13. The average molecular weight is 313 g/mol. The Morgan fingerprint density at radius 3 is 2.55 bits per heavy atom. The lowest BCUT2D eigenvalue weighted by atomic mass is 9.55. The van der Waals surface area contributed by atoms with Crippen LogP contribution >= 0.6 is 24.4 Å². The third-order valence-electron chi connectivity index (χ3n) is 4.56. The average Bonchev–Trinajstić information content (AvgIpc) is 2.25. The molecule has 110 valence electrons. The lowest BCUT2D eigenvalue weighted by Crippen LogP contribution is -2.64. The molecule has 5 N–H and O–H groups in total. The van der Waals surface area contributed by atoms with Crippen molar-refractivity contribution in [3.8, 4) is 0 Å². The van der Waals surface area contributed by atoms with Crippen LogP contribution in [0.1, 0.15) is 32.6 Å². The number of carbonyl (C=O) groups excluding carboxylic acids is 2. The highest BCUT2D eigenvalue weighted by Gasteiger charge is 2.58. The van der Waals surface area contributed by atoms with Gasteiger partial charge < -0.3 is 16.8 Å². The van der Waals surface area contributed by atoms with Gasteiger partial charge in [0.05, 0.1) is 21.8 Å². The van der Waals surface area contributed by atoms with Crippen LogP contribution in [-0.2, 0) is 9.59 Å². The highest BCUT2D eigenvalue weighted by atomic mass is 32.1. The second-order valence-electron chi connectivity index (χ2n) is 5.96. The number of rotatable bonds is 2. The van der Waals surface area contributed by atoms with Crippen molar-refractivity contribution in [1.82, 2.24) is 5.32 Å². The van der Waals surface area contributed by atoms with Gasteiger partial charge in [0, 0.05) is 5.41 Å². The molecule has 7 heteroatoms. The highest BCUT2D eigenvalue weighted by molar-refractivity contribution is 7.80. The maximum atomic E-state index is 12.3. The zero-order valence-electron chi connectivity index (χ0n) is 11.3. The van der Waals surface area contributed by atoms with Crippen LogP contribution in [0.15, 0.2) is 0 Å². The van der Waals surface area contributed by atoms with Crippen LogP contribution in [0.2, 0.25) is 0 Å². The summed E-state index contributed by atoms with van der Waals surface area (Å²) in [7, 11) is 0. The molecule has 2 rings (SSSR count). The molecule has 1 aliphatic carbocycles. The first-order chi connectivity index (χ1) is 9.29. The van der Waals surface area contributed by atoms with Crippen LogP contribution < -0.4 is 16.8 Å². The van der Waals surface area contributed by atoms with Gasteiger partial charge in [0.15, 0.2) is 0 Å². The van der Waals surface area contributed by atoms with Crippen molar-refractivity contribution >= 4 is 46.2 Å². The van der Waals surface area contributed by atoms with E-state index in [-0.39, 0.29) is 15.9 Å². The minimum absolute atomic E-state index is 0.116. The maximum absolute atomic E-state index is 12.3. The molecule has 1 saturated carbocycles. The lowest BCUT2D eigenvalue weighted by Gasteiger charge is -2.51. The Balaban J connectivity index is 2.55. The fraction of sp³-hybridized carbons (Fsp3) is 0.692. The fourth-order valence-electron chi connectivity index (χ4n) is 3.94. The van der Waals surface area contributed by atoms with Crippen molar-refractivity contribution in [2.45, 2.75) is 32.6 Å². The first kappa shape index (κ1) is 15.3. The van der Waals surface area contributed by atoms with Crippen LogP contribution in [-0.4, -0.2) is 21.8 Å². The predicted molar refractivity (Wildman–Crippen MR) is 83.8 cm³/mol. The summed E-state index contributed by atoms with van der Waals surface area (Å²) in [5.41, 5.74) is 10.7. The molecule has 4 atom stereocenters. The van der Waals surface area contributed by atoms with Gasteiger partial charge in [-0.05, 0) is 18.8 Å². The van der Waals surface area contributed by atoms with Gasteiger partial charge in [0.1, 0.15) is 0 Å². The topological polar surface area (TPSA) is 98.2 Å². The number of primary amides is 1. The van der Waals surface area contributed by atoms with E-state index in [1.165, 1.54) is 0 Å². The molecule has 0 aromatic carbocycles. The van der Waals surface area contributed by atoms with Crippen molar-refractivity contribution in [2.24, 2.45) is 34.6 Å². The number of carbonyl (C=O) groups is 2. The fourth-order valence-corrected chi connectivity index (χ4v) is 4.73. The first-order valence-corrected chi connectivity index (χ1v) is 7.54. The maximum Gasteiger partial charge on any atom is 0.235 e. The molecule has 0 aromatic heterocycles. The summed E-state index contributed by atoms with van der Waals surface area (Å²) in [6.45, 7) is 2.10. The molecule has 1 spiro atoms. The molecular weight excluding hydrogens is 294 g/mol. The number of hydrogen-bond donors (Lipinski definition) is 3. The van der Waals surface area contributed by atoms with E-state index in [1.807, 2.05) is 0 Å². The van der Waals surface area contributed by atoms with Gasteiger partial charge in [-0.25, -0.2) is 0 Å². The molecule has 1 aliphatic heterocycles. The molecule has 5 nitrogen and oxygen atoms in total. The van der Waals surface area contributed by atoms with E-state index in [1.54, 1.807) is 0 Å². The van der Waals surface area contributed by atoms with Gasteiger partial charge in [-0.2, -0.15) is 0 Å². The Morgan fingerprint density at radius 2 is 2.05 bits per heavy atom. The van der Waals surface area contributed by atoms with Gasteiger partial charge in [-0.1, -0.05) is 44.2 Å². The Hall–Kier alpha value is -1.08. The molecule has 0 unspecified atom stereocenters. The van der Waals surface area contributed by atoms with Crippen LogP contribution in [0, 0.1) is 23.2 Å². The first-order valence-electron chi connectivity index (χ1n) is 6.73. The summed E-state index contributed by atoms with van der Waals surface area (Å²) < 4.78 is 0. The standard InChI is InChI=1S/C13H19N3O2S2/c1-6-3-2-4-13(5-6)7(9(14)17)12(20)16-11(18)8(13)10(15)19/h6-8H,2-5H2,1H3,(H2,14,17)(H2,15,19)(H,16,18,20)/t6-,7+,8-,13-/m1/s1. The molecule has 20 heavy (non-hydrogen) atoms. The summed E-state index contributed by atoms with van der Waals surface area (Å²) in [6.07, 6.45) is 3.36. The Kier molecular flexibility index (Phi) is 4.11. The van der Waals surface area contributed by atoms with E-state index in [4.69, 9.17) is 35.9 Å². The third kappa shape index (κ3) is 2.33. The van der Waals surface area contributed by atoms with E-state index < -0.39 is 23.2 Å². The van der Waals surface area contributed by atoms with Crippen molar-refractivity contribution in [3.05, 3.63) is 0 Å². The molecule has 0 aromatic rings. The number of hydrogen-bond acceptors (Lipinski definition) is 4. The SMILES string of the molecule is C[C@@H]1CCC[C@]2(C1)[C@H](C(N)=S)C(=O)NC(=S)[C@@H]2C(N)=O. The Labute approximate surface area is 128 Å². The van der Waals surface area contributed by atoms with E-state index in [0.29, 0.717) is 18.8 Å². The Bertz CT molecular complexity index is 460. The summed E-state index contributed by atoms with van der Waals surface area (Å²) >= 11 is 10.3. The molecule has 2 fully saturated rings. The number of amides is 2. The molecule has 1 saturated heterocycles. The zero-order chi connectivity index (χ0) is 15.1. The number of nitrogens with two attached hydrogens (primary N) is 2. The van der Waals surface area contributed by atoms with E-state index >= 15 is 0 Å². The molecule has 1 heterocycles. The molecule has 2 amide bonds. The van der Waals surface area contributed by atoms with E-state index in [2.05, 4.69) is 12.2 Å². The van der Waals surface area contributed by atoms with Crippen molar-refractivity contribution in [1.29, 1.82) is 0 Å². The second kappa shape index (κ2) is 5.37. The monoisotopic (exact) mass is 313 g/mol. The smallest absolute Gasteiger partial charge is 0.235 e. The zero-order valence-corrected chi connectivity index (χ0v) is 13.0. The van der Waals surface area contributed by atoms with Crippen LogP contribution in [0.4, 0.5) is 0 Å². The van der Waals surface area contributed by atoms with E-state index in [0.717, 1.165) is 12.8 Å². The molecule has 0 bridgehead atoms. The summed E-state index contributed by atoms with van der Waals surface area (Å²) in [5.74, 6) is -1.77. The Morgan fingerprint density at radius 1 is 1.40 bits per heavy atom. The number of thiocarbonyl (C=S) groups is 2. The molecule has 2 aliphatic rings. The normalized spacial score (nSPS) is 37.5. The van der Waals surface area contributed by atoms with Crippen molar-refractivity contribution in [2.75, 3.05) is 0 Å². The van der Waals surface area contributed by atoms with Crippen LogP contribution in [0.5, 0.6) is 0 Å². The summed E-state index contributed by atoms with van der Waals surface area (Å²) in [5, 5.41) is 2.55. The van der Waals surface area contributed by atoms with Gasteiger partial charge in [-0.15, -0.1) is 0 Å². The molecule has 0 radical (unpaired) electrons. The van der Waals surface area contributed by atoms with Gasteiger partial charge in [0.25, 0.3) is 0 Å². The van der Waals surface area contributed by atoms with Crippen LogP contribution in [0.25, 0.3) is 0 Å². The number of nitrogens with one attached hydrogen (secondary N) is 1. The molecular formula is C13H19N3O2S2. The van der Waals surface area contributed by atoms with E-state index in [9.17, 15) is 9.59 Å².